The standard InChI is InChI=1S/C13H19FN2O/c1-10(17)13-11(14)4-3-5-12(13)16-8-6-15(2)7-9-16/h3-5,10,17H,6-9H2,1-2H3/t10-/m0/s1. The van der Waals surface area contributed by atoms with Crippen molar-refractivity contribution in [1.82, 2.24) is 4.90 Å². The maximum Gasteiger partial charge on any atom is 0.131 e. The van der Waals surface area contributed by atoms with Crippen molar-refractivity contribution in [3.05, 3.63) is 29.6 Å². The molecule has 1 N–H and O–H groups in total. The van der Waals surface area contributed by atoms with Gasteiger partial charge in [0, 0.05) is 37.4 Å². The topological polar surface area (TPSA) is 26.7 Å². The van der Waals surface area contributed by atoms with Crippen LogP contribution >= 0.6 is 0 Å². The number of hydrogen-bond acceptors (Lipinski definition) is 3. The van der Waals surface area contributed by atoms with Crippen molar-refractivity contribution in [3.8, 4) is 0 Å². The van der Waals surface area contributed by atoms with Gasteiger partial charge in [0.05, 0.1) is 6.10 Å². The summed E-state index contributed by atoms with van der Waals surface area (Å²) in [5, 5.41) is 9.69. The fourth-order valence-electron chi connectivity index (χ4n) is 2.26. The molecule has 1 aromatic carbocycles. The second kappa shape index (κ2) is 5.02. The van der Waals surface area contributed by atoms with Gasteiger partial charge in [0.25, 0.3) is 0 Å². The minimum Gasteiger partial charge on any atom is -0.389 e. The first-order valence-electron chi connectivity index (χ1n) is 5.99. The van der Waals surface area contributed by atoms with Crippen molar-refractivity contribution >= 4 is 5.69 Å². The smallest absolute Gasteiger partial charge is 0.131 e. The second-order valence-corrected chi connectivity index (χ2v) is 4.64. The lowest BCUT2D eigenvalue weighted by Gasteiger charge is -2.35. The van der Waals surface area contributed by atoms with E-state index in [4.69, 9.17) is 0 Å². The normalized spacial score (nSPS) is 19.4. The Morgan fingerprint density at radius 1 is 1.24 bits per heavy atom. The number of halogens is 1. The van der Waals surface area contributed by atoms with Crippen LogP contribution in [0.5, 0.6) is 0 Å². The SMILES string of the molecule is C[C@H](O)c1c(F)cccc1N1CCN(C)CC1. The van der Waals surface area contributed by atoms with Gasteiger partial charge < -0.3 is 14.9 Å². The molecular formula is C13H19FN2O. The number of anilines is 1. The number of hydrogen-bond donors (Lipinski definition) is 1. The highest BCUT2D eigenvalue weighted by Gasteiger charge is 2.20. The van der Waals surface area contributed by atoms with Crippen molar-refractivity contribution < 1.29 is 9.50 Å². The molecule has 0 radical (unpaired) electrons. The van der Waals surface area contributed by atoms with Crippen LogP contribution in [0, 0.1) is 5.82 Å². The van der Waals surface area contributed by atoms with Gasteiger partial charge in [0.1, 0.15) is 5.82 Å². The molecule has 1 fully saturated rings. The molecule has 1 heterocycles. The fourth-order valence-corrected chi connectivity index (χ4v) is 2.26. The van der Waals surface area contributed by atoms with E-state index < -0.39 is 6.10 Å². The maximum atomic E-state index is 13.7. The molecule has 0 saturated carbocycles. The zero-order valence-corrected chi connectivity index (χ0v) is 10.4. The molecule has 2 rings (SSSR count). The Kier molecular flexibility index (Phi) is 3.64. The van der Waals surface area contributed by atoms with Gasteiger partial charge in [-0.3, -0.25) is 0 Å². The van der Waals surface area contributed by atoms with Crippen LogP contribution in [0.1, 0.15) is 18.6 Å². The molecule has 0 aromatic heterocycles. The average molecular weight is 238 g/mol. The first-order chi connectivity index (χ1) is 8.09. The predicted molar refractivity (Wildman–Crippen MR) is 66.7 cm³/mol. The highest BCUT2D eigenvalue weighted by Crippen LogP contribution is 2.29. The number of rotatable bonds is 2. The number of benzene rings is 1. The molecule has 0 bridgehead atoms. The molecule has 0 unspecified atom stereocenters. The third-order valence-corrected chi connectivity index (χ3v) is 3.29. The summed E-state index contributed by atoms with van der Waals surface area (Å²) in [6, 6.07) is 4.99. The monoisotopic (exact) mass is 238 g/mol. The molecule has 17 heavy (non-hydrogen) atoms. The van der Waals surface area contributed by atoms with E-state index in [0.29, 0.717) is 5.56 Å². The maximum absolute atomic E-state index is 13.7. The second-order valence-electron chi connectivity index (χ2n) is 4.64. The first kappa shape index (κ1) is 12.3. The van der Waals surface area contributed by atoms with E-state index in [1.807, 2.05) is 6.07 Å². The van der Waals surface area contributed by atoms with Gasteiger partial charge >= 0.3 is 0 Å². The molecule has 0 spiro atoms. The number of likely N-dealkylation sites (N-methyl/N-ethyl adjacent to an activating group) is 1. The van der Waals surface area contributed by atoms with Crippen LogP contribution in [0.3, 0.4) is 0 Å². The lowest BCUT2D eigenvalue weighted by molar-refractivity contribution is 0.194. The summed E-state index contributed by atoms with van der Waals surface area (Å²) in [6.07, 6.45) is -0.772. The molecule has 4 heteroatoms. The van der Waals surface area contributed by atoms with Gasteiger partial charge in [-0.1, -0.05) is 6.07 Å². The average Bonchev–Trinajstić information content (AvgIpc) is 2.29. The fraction of sp³-hybridized carbons (Fsp3) is 0.538. The molecule has 1 atom stereocenters. The zero-order chi connectivity index (χ0) is 12.4. The van der Waals surface area contributed by atoms with Crippen LogP contribution < -0.4 is 4.90 Å². The van der Waals surface area contributed by atoms with Crippen molar-refractivity contribution in [2.75, 3.05) is 38.1 Å². The minimum atomic E-state index is -0.772. The van der Waals surface area contributed by atoms with E-state index in [9.17, 15) is 9.50 Å². The van der Waals surface area contributed by atoms with Crippen LogP contribution in [-0.2, 0) is 0 Å². The van der Waals surface area contributed by atoms with Crippen molar-refractivity contribution in [2.45, 2.75) is 13.0 Å². The van der Waals surface area contributed by atoms with Gasteiger partial charge in [-0.15, -0.1) is 0 Å². The molecule has 0 amide bonds. The molecule has 94 valence electrons. The van der Waals surface area contributed by atoms with E-state index in [1.54, 1.807) is 13.0 Å². The molecular weight excluding hydrogens is 219 g/mol. The first-order valence-corrected chi connectivity index (χ1v) is 5.99. The van der Waals surface area contributed by atoms with Gasteiger partial charge in [0.2, 0.25) is 0 Å². The van der Waals surface area contributed by atoms with Crippen LogP contribution in [0.25, 0.3) is 0 Å². The molecule has 0 aliphatic carbocycles. The number of piperazine rings is 1. The number of nitrogens with zero attached hydrogens (tertiary/aromatic N) is 2. The Morgan fingerprint density at radius 3 is 2.47 bits per heavy atom. The summed E-state index contributed by atoms with van der Waals surface area (Å²) in [4.78, 5) is 4.39. The number of aliphatic hydroxyl groups excluding tert-OH is 1. The largest absolute Gasteiger partial charge is 0.389 e. The summed E-state index contributed by atoms with van der Waals surface area (Å²) >= 11 is 0. The Labute approximate surface area is 101 Å². The predicted octanol–water partition coefficient (Wildman–Crippen LogP) is 1.63. The van der Waals surface area contributed by atoms with Gasteiger partial charge in [0.15, 0.2) is 0 Å². The lowest BCUT2D eigenvalue weighted by atomic mass is 10.1. The van der Waals surface area contributed by atoms with Crippen molar-refractivity contribution in [3.63, 3.8) is 0 Å². The van der Waals surface area contributed by atoms with Gasteiger partial charge in [-0.2, -0.15) is 0 Å². The summed E-state index contributed by atoms with van der Waals surface area (Å²) < 4.78 is 13.7. The van der Waals surface area contributed by atoms with E-state index in [2.05, 4.69) is 16.8 Å². The molecule has 3 nitrogen and oxygen atoms in total. The summed E-state index contributed by atoms with van der Waals surface area (Å²) in [7, 11) is 2.08. The van der Waals surface area contributed by atoms with Gasteiger partial charge in [-0.05, 0) is 26.1 Å². The Morgan fingerprint density at radius 2 is 1.88 bits per heavy atom. The number of aliphatic hydroxyl groups is 1. The van der Waals surface area contributed by atoms with Gasteiger partial charge in [-0.25, -0.2) is 4.39 Å². The Bertz CT molecular complexity index is 387. The summed E-state index contributed by atoms with van der Waals surface area (Å²) in [5.74, 6) is -0.323. The molecule has 1 aliphatic heterocycles. The Balaban J connectivity index is 2.28. The Hall–Kier alpha value is -1.13. The quantitative estimate of drug-likeness (QED) is 0.848. The molecule has 1 aromatic rings. The van der Waals surface area contributed by atoms with E-state index in [-0.39, 0.29) is 5.82 Å². The van der Waals surface area contributed by atoms with Crippen LogP contribution in [-0.4, -0.2) is 43.2 Å². The van der Waals surface area contributed by atoms with Crippen LogP contribution in [0.15, 0.2) is 18.2 Å². The zero-order valence-electron chi connectivity index (χ0n) is 10.4. The van der Waals surface area contributed by atoms with Crippen molar-refractivity contribution in [1.29, 1.82) is 0 Å². The summed E-state index contributed by atoms with van der Waals surface area (Å²) in [6.45, 7) is 5.29. The highest BCUT2D eigenvalue weighted by molar-refractivity contribution is 5.55. The van der Waals surface area contributed by atoms with Crippen LogP contribution in [0.4, 0.5) is 10.1 Å². The van der Waals surface area contributed by atoms with Crippen molar-refractivity contribution in [2.24, 2.45) is 0 Å². The van der Waals surface area contributed by atoms with E-state index in [1.165, 1.54) is 6.07 Å². The molecule has 1 aliphatic rings. The highest BCUT2D eigenvalue weighted by atomic mass is 19.1. The lowest BCUT2D eigenvalue weighted by Crippen LogP contribution is -2.45. The minimum absolute atomic E-state index is 0.323. The third kappa shape index (κ3) is 2.58. The van der Waals surface area contributed by atoms with Crippen LogP contribution in [0.2, 0.25) is 0 Å². The third-order valence-electron chi connectivity index (χ3n) is 3.29. The van der Waals surface area contributed by atoms with E-state index >= 15 is 0 Å². The summed E-state index contributed by atoms with van der Waals surface area (Å²) in [5.41, 5.74) is 1.24. The molecule has 1 saturated heterocycles. The van der Waals surface area contributed by atoms with E-state index in [0.717, 1.165) is 31.9 Å².